The average molecular weight is 499 g/mol. The second kappa shape index (κ2) is 12.1. The van der Waals surface area contributed by atoms with Crippen molar-refractivity contribution in [3.63, 3.8) is 0 Å². The Labute approximate surface area is 218 Å². The Morgan fingerprint density at radius 2 is 1.03 bits per heavy atom. The summed E-state index contributed by atoms with van der Waals surface area (Å²) in [7, 11) is 0. The zero-order chi connectivity index (χ0) is 26.2. The maximum atomic E-state index is 6.00. The van der Waals surface area contributed by atoms with E-state index in [-0.39, 0.29) is 0 Å². The van der Waals surface area contributed by atoms with Gasteiger partial charge in [0.05, 0.1) is 24.6 Å². The molecule has 1 atom stereocenters. The Morgan fingerprint density at radius 3 is 1.49 bits per heavy atom. The molecular weight excluding hydrogens is 464 g/mol. The fraction of sp³-hybridized carbons (Fsp3) is 0.226. The molecule has 0 aromatic heterocycles. The van der Waals surface area contributed by atoms with Crippen molar-refractivity contribution in [3.8, 4) is 34.5 Å². The minimum Gasteiger partial charge on any atom is -0.492 e. The molecule has 0 saturated carbocycles. The molecule has 0 heterocycles. The topological polar surface area (TPSA) is 89.0 Å². The van der Waals surface area contributed by atoms with E-state index in [4.69, 9.17) is 30.4 Å². The molecule has 0 saturated heterocycles. The van der Waals surface area contributed by atoms with E-state index in [9.17, 15) is 0 Å². The Morgan fingerprint density at radius 1 is 0.595 bits per heavy atom. The maximum absolute atomic E-state index is 6.00. The SMILES string of the molecule is CCOc1cc(Oc2ccc(CC(C)c3ccc(Oc4ccc(N)c(OCC)c4)cc3)cc2)ccc1N. The molecule has 192 valence electrons. The Bertz CT molecular complexity index is 1300. The van der Waals surface area contributed by atoms with Crippen LogP contribution in [0.25, 0.3) is 0 Å². The van der Waals surface area contributed by atoms with Gasteiger partial charge in [-0.25, -0.2) is 0 Å². The second-order valence-corrected chi connectivity index (χ2v) is 8.79. The third-order valence-electron chi connectivity index (χ3n) is 5.96. The molecule has 0 radical (unpaired) electrons. The van der Waals surface area contributed by atoms with Crippen molar-refractivity contribution in [2.24, 2.45) is 0 Å². The van der Waals surface area contributed by atoms with E-state index in [0.29, 0.717) is 53.5 Å². The molecule has 6 heteroatoms. The lowest BCUT2D eigenvalue weighted by atomic mass is 9.94. The minimum atomic E-state index is 0.341. The third kappa shape index (κ3) is 6.88. The van der Waals surface area contributed by atoms with E-state index in [1.54, 1.807) is 12.1 Å². The monoisotopic (exact) mass is 498 g/mol. The van der Waals surface area contributed by atoms with Gasteiger partial charge in [0.15, 0.2) is 0 Å². The first-order chi connectivity index (χ1) is 17.9. The third-order valence-corrected chi connectivity index (χ3v) is 5.96. The molecule has 0 bridgehead atoms. The number of rotatable bonds is 11. The van der Waals surface area contributed by atoms with Crippen LogP contribution in [0.15, 0.2) is 84.9 Å². The molecule has 0 aliphatic carbocycles. The van der Waals surface area contributed by atoms with Crippen molar-refractivity contribution >= 4 is 11.4 Å². The van der Waals surface area contributed by atoms with Gasteiger partial charge < -0.3 is 30.4 Å². The minimum absolute atomic E-state index is 0.341. The summed E-state index contributed by atoms with van der Waals surface area (Å²) in [6.45, 7) is 7.17. The largest absolute Gasteiger partial charge is 0.492 e. The van der Waals surface area contributed by atoms with Crippen molar-refractivity contribution in [1.82, 2.24) is 0 Å². The smallest absolute Gasteiger partial charge is 0.145 e. The molecule has 4 aromatic carbocycles. The summed E-state index contributed by atoms with van der Waals surface area (Å²) in [6, 6.07) is 27.2. The van der Waals surface area contributed by atoms with Crippen molar-refractivity contribution in [1.29, 1.82) is 0 Å². The Balaban J connectivity index is 1.35. The number of hydrogen-bond acceptors (Lipinski definition) is 6. The van der Waals surface area contributed by atoms with Crippen molar-refractivity contribution in [2.45, 2.75) is 33.1 Å². The normalized spacial score (nSPS) is 11.5. The number of nitrogen functional groups attached to an aromatic ring is 2. The number of nitrogens with two attached hydrogens (primary N) is 2. The predicted molar refractivity (Wildman–Crippen MR) is 149 cm³/mol. The van der Waals surface area contributed by atoms with E-state index in [1.807, 2.05) is 62.4 Å². The van der Waals surface area contributed by atoms with Crippen LogP contribution in [0.4, 0.5) is 11.4 Å². The molecule has 0 aliphatic heterocycles. The quantitative estimate of drug-likeness (QED) is 0.207. The molecule has 4 rings (SSSR count). The highest BCUT2D eigenvalue weighted by molar-refractivity contribution is 5.57. The van der Waals surface area contributed by atoms with Crippen LogP contribution in [0.5, 0.6) is 34.5 Å². The molecule has 0 amide bonds. The van der Waals surface area contributed by atoms with Gasteiger partial charge in [0, 0.05) is 12.1 Å². The predicted octanol–water partition coefficient (Wildman–Crippen LogP) is 7.58. The van der Waals surface area contributed by atoms with Crippen LogP contribution < -0.4 is 30.4 Å². The summed E-state index contributed by atoms with van der Waals surface area (Å²) in [5.41, 5.74) is 15.6. The van der Waals surface area contributed by atoms with E-state index >= 15 is 0 Å². The first kappa shape index (κ1) is 25.8. The number of ether oxygens (including phenoxy) is 4. The van der Waals surface area contributed by atoms with Gasteiger partial charge in [-0.2, -0.15) is 0 Å². The van der Waals surface area contributed by atoms with Gasteiger partial charge in [-0.3, -0.25) is 0 Å². The molecule has 6 nitrogen and oxygen atoms in total. The van der Waals surface area contributed by atoms with Crippen LogP contribution in [0.1, 0.15) is 37.8 Å². The van der Waals surface area contributed by atoms with Gasteiger partial charge in [-0.15, -0.1) is 0 Å². The Hall–Kier alpha value is -4.32. The van der Waals surface area contributed by atoms with Crippen molar-refractivity contribution < 1.29 is 18.9 Å². The standard InChI is InChI=1S/C31H34N2O4/c1-4-34-30-19-26(14-16-28(30)32)36-24-10-6-22(7-11-24)18-21(3)23-8-12-25(13-9-23)37-27-15-17-29(33)31(20-27)35-5-2/h6-17,19-21H,4-5,18,32-33H2,1-3H3. The van der Waals surface area contributed by atoms with E-state index in [0.717, 1.165) is 17.9 Å². The van der Waals surface area contributed by atoms with Crippen LogP contribution in [0.2, 0.25) is 0 Å². The molecule has 1 unspecified atom stereocenters. The highest BCUT2D eigenvalue weighted by atomic mass is 16.5. The lowest BCUT2D eigenvalue weighted by Gasteiger charge is -2.14. The summed E-state index contributed by atoms with van der Waals surface area (Å²) in [4.78, 5) is 0. The van der Waals surface area contributed by atoms with Gasteiger partial charge >= 0.3 is 0 Å². The fourth-order valence-corrected chi connectivity index (χ4v) is 4.02. The van der Waals surface area contributed by atoms with Crippen LogP contribution in [-0.2, 0) is 6.42 Å². The van der Waals surface area contributed by atoms with Crippen molar-refractivity contribution in [2.75, 3.05) is 24.7 Å². The van der Waals surface area contributed by atoms with Crippen LogP contribution in [-0.4, -0.2) is 13.2 Å². The van der Waals surface area contributed by atoms with Crippen LogP contribution in [0, 0.1) is 0 Å². The molecule has 0 fully saturated rings. The number of benzene rings is 4. The summed E-state index contributed by atoms with van der Waals surface area (Å²) >= 11 is 0. The highest BCUT2D eigenvalue weighted by Gasteiger charge is 2.10. The summed E-state index contributed by atoms with van der Waals surface area (Å²) in [6.07, 6.45) is 0.909. The van der Waals surface area contributed by atoms with Gasteiger partial charge in [0.2, 0.25) is 0 Å². The maximum Gasteiger partial charge on any atom is 0.145 e. The molecule has 0 aliphatic rings. The zero-order valence-electron chi connectivity index (χ0n) is 21.6. The molecule has 4 N–H and O–H groups in total. The molecule has 0 spiro atoms. The first-order valence-electron chi connectivity index (χ1n) is 12.5. The molecule has 37 heavy (non-hydrogen) atoms. The molecule has 4 aromatic rings. The van der Waals surface area contributed by atoms with E-state index < -0.39 is 0 Å². The van der Waals surface area contributed by atoms with Crippen LogP contribution in [0.3, 0.4) is 0 Å². The number of anilines is 2. The van der Waals surface area contributed by atoms with E-state index in [2.05, 4.69) is 31.2 Å². The molecular formula is C31H34N2O4. The summed E-state index contributed by atoms with van der Waals surface area (Å²) < 4.78 is 23.1. The summed E-state index contributed by atoms with van der Waals surface area (Å²) in [5.74, 6) is 4.51. The Kier molecular flexibility index (Phi) is 8.41. The van der Waals surface area contributed by atoms with Gasteiger partial charge in [0.1, 0.15) is 34.5 Å². The lowest BCUT2D eigenvalue weighted by molar-refractivity contribution is 0.340. The van der Waals surface area contributed by atoms with E-state index in [1.165, 1.54) is 11.1 Å². The van der Waals surface area contributed by atoms with Gasteiger partial charge in [-0.1, -0.05) is 31.2 Å². The fourth-order valence-electron chi connectivity index (χ4n) is 4.02. The van der Waals surface area contributed by atoms with Gasteiger partial charge in [-0.05, 0) is 85.8 Å². The zero-order valence-corrected chi connectivity index (χ0v) is 21.6. The lowest BCUT2D eigenvalue weighted by Crippen LogP contribution is -1.99. The second-order valence-electron chi connectivity index (χ2n) is 8.79. The van der Waals surface area contributed by atoms with Crippen LogP contribution >= 0.6 is 0 Å². The van der Waals surface area contributed by atoms with Gasteiger partial charge in [0.25, 0.3) is 0 Å². The highest BCUT2D eigenvalue weighted by Crippen LogP contribution is 2.32. The average Bonchev–Trinajstić information content (AvgIpc) is 2.90. The number of hydrogen-bond donors (Lipinski definition) is 2. The van der Waals surface area contributed by atoms with Crippen molar-refractivity contribution in [3.05, 3.63) is 96.1 Å². The first-order valence-corrected chi connectivity index (χ1v) is 12.5. The summed E-state index contributed by atoms with van der Waals surface area (Å²) in [5, 5.41) is 0.